The molecule has 1 heterocycles. The number of unbranched alkanes of at least 4 members (excludes halogenated alkanes) is 1. The van der Waals surface area contributed by atoms with E-state index >= 15 is 0 Å². The SMILES string of the molecule is CCCCN(C(=O)CCCOc1ccc(OCC)cc1)c1c(N)n(Cc2ccccc2)c(=O)[nH]c1=O. The predicted octanol–water partition coefficient (Wildman–Crippen LogP) is 3.56. The maximum Gasteiger partial charge on any atom is 0.330 e. The van der Waals surface area contributed by atoms with Gasteiger partial charge < -0.3 is 20.1 Å². The molecule has 0 aliphatic rings. The summed E-state index contributed by atoms with van der Waals surface area (Å²) in [6.45, 7) is 5.35. The van der Waals surface area contributed by atoms with Crippen LogP contribution in [-0.2, 0) is 11.3 Å². The third kappa shape index (κ3) is 7.00. The van der Waals surface area contributed by atoms with E-state index in [0.29, 0.717) is 38.3 Å². The van der Waals surface area contributed by atoms with Gasteiger partial charge in [-0.1, -0.05) is 43.7 Å². The van der Waals surface area contributed by atoms with Crippen LogP contribution in [-0.4, -0.2) is 35.2 Å². The van der Waals surface area contributed by atoms with Gasteiger partial charge in [0, 0.05) is 13.0 Å². The van der Waals surface area contributed by atoms with Gasteiger partial charge in [-0.15, -0.1) is 0 Å². The molecule has 0 spiro atoms. The minimum atomic E-state index is -0.670. The number of aromatic nitrogens is 2. The monoisotopic (exact) mass is 494 g/mol. The summed E-state index contributed by atoms with van der Waals surface area (Å²) in [6, 6.07) is 16.6. The van der Waals surface area contributed by atoms with Crippen molar-refractivity contribution in [1.82, 2.24) is 9.55 Å². The van der Waals surface area contributed by atoms with Crippen LogP contribution in [0, 0.1) is 0 Å². The number of nitrogens with one attached hydrogen (secondary N) is 1. The second kappa shape index (κ2) is 13.2. The van der Waals surface area contributed by atoms with E-state index in [2.05, 4.69) is 4.98 Å². The van der Waals surface area contributed by atoms with Gasteiger partial charge in [0.25, 0.3) is 5.56 Å². The zero-order valence-electron chi connectivity index (χ0n) is 20.9. The van der Waals surface area contributed by atoms with Crippen molar-refractivity contribution < 1.29 is 14.3 Å². The Bertz CT molecular complexity index is 1240. The molecule has 3 rings (SSSR count). The first-order valence-electron chi connectivity index (χ1n) is 12.3. The standard InChI is InChI=1S/C27H34N4O5/c1-3-5-17-30(23(32)12-9-18-36-22-15-13-21(14-16-22)35-4-2)24-25(28)31(27(34)29-26(24)33)19-20-10-7-6-8-11-20/h6-8,10-11,13-16H,3-5,9,12,17-19,28H2,1-2H3,(H,29,33,34). The lowest BCUT2D eigenvalue weighted by molar-refractivity contribution is -0.118. The van der Waals surface area contributed by atoms with Crippen LogP contribution in [0.2, 0.25) is 0 Å². The Kier molecular flexibility index (Phi) is 9.73. The minimum absolute atomic E-state index is 0.0106. The van der Waals surface area contributed by atoms with Crippen molar-refractivity contribution in [2.75, 3.05) is 30.4 Å². The Morgan fingerprint density at radius 1 is 0.972 bits per heavy atom. The Morgan fingerprint density at radius 2 is 1.64 bits per heavy atom. The second-order valence-electron chi connectivity index (χ2n) is 8.32. The molecule has 1 aromatic heterocycles. The number of nitrogens with zero attached hydrogens (tertiary/aromatic N) is 2. The maximum absolute atomic E-state index is 13.2. The van der Waals surface area contributed by atoms with E-state index < -0.39 is 11.2 Å². The molecule has 0 saturated heterocycles. The largest absolute Gasteiger partial charge is 0.494 e. The lowest BCUT2D eigenvalue weighted by atomic mass is 10.2. The molecule has 1 amide bonds. The number of rotatable bonds is 13. The average Bonchev–Trinajstić information content (AvgIpc) is 2.88. The number of hydrogen-bond acceptors (Lipinski definition) is 6. The lowest BCUT2D eigenvalue weighted by Gasteiger charge is -2.24. The summed E-state index contributed by atoms with van der Waals surface area (Å²) in [5, 5.41) is 0. The molecule has 36 heavy (non-hydrogen) atoms. The van der Waals surface area contributed by atoms with E-state index in [-0.39, 0.29) is 30.4 Å². The number of H-pyrrole nitrogens is 1. The van der Waals surface area contributed by atoms with E-state index in [1.807, 2.05) is 68.4 Å². The number of anilines is 2. The summed E-state index contributed by atoms with van der Waals surface area (Å²) >= 11 is 0. The highest BCUT2D eigenvalue weighted by atomic mass is 16.5. The summed E-state index contributed by atoms with van der Waals surface area (Å²) in [4.78, 5) is 42.2. The molecule has 9 heteroatoms. The first-order chi connectivity index (χ1) is 17.4. The first-order valence-corrected chi connectivity index (χ1v) is 12.3. The van der Waals surface area contributed by atoms with Crippen LogP contribution in [0.5, 0.6) is 11.5 Å². The van der Waals surface area contributed by atoms with Crippen molar-refractivity contribution in [3.8, 4) is 11.5 Å². The van der Waals surface area contributed by atoms with E-state index in [1.165, 1.54) is 9.47 Å². The molecular formula is C27H34N4O5. The van der Waals surface area contributed by atoms with Gasteiger partial charge in [0.15, 0.2) is 5.69 Å². The Labute approximate surface area is 210 Å². The number of nitrogen functional groups attached to an aromatic ring is 1. The van der Waals surface area contributed by atoms with Gasteiger partial charge in [0.1, 0.15) is 17.3 Å². The number of ether oxygens (including phenoxy) is 2. The number of carbonyl (C=O) groups is 1. The van der Waals surface area contributed by atoms with Crippen molar-refractivity contribution >= 4 is 17.4 Å². The fraction of sp³-hybridized carbons (Fsp3) is 0.370. The first kappa shape index (κ1) is 26.6. The molecule has 2 aromatic carbocycles. The van der Waals surface area contributed by atoms with Gasteiger partial charge >= 0.3 is 5.69 Å². The molecule has 9 nitrogen and oxygen atoms in total. The normalized spacial score (nSPS) is 10.7. The van der Waals surface area contributed by atoms with Gasteiger partial charge in [0.05, 0.1) is 19.8 Å². The molecule has 0 fully saturated rings. The summed E-state index contributed by atoms with van der Waals surface area (Å²) in [7, 11) is 0. The maximum atomic E-state index is 13.2. The summed E-state index contributed by atoms with van der Waals surface area (Å²) in [6.07, 6.45) is 2.13. The number of amides is 1. The molecule has 0 radical (unpaired) electrons. The number of aromatic amines is 1. The minimum Gasteiger partial charge on any atom is -0.494 e. The van der Waals surface area contributed by atoms with Crippen LogP contribution in [0.15, 0.2) is 64.2 Å². The van der Waals surface area contributed by atoms with Gasteiger partial charge in [-0.05, 0) is 49.6 Å². The molecule has 3 N–H and O–H groups in total. The van der Waals surface area contributed by atoms with Crippen molar-refractivity contribution in [3.63, 3.8) is 0 Å². The van der Waals surface area contributed by atoms with Crippen LogP contribution in [0.4, 0.5) is 11.5 Å². The Morgan fingerprint density at radius 3 is 2.28 bits per heavy atom. The second-order valence-corrected chi connectivity index (χ2v) is 8.32. The number of carbonyl (C=O) groups excluding carboxylic acids is 1. The lowest BCUT2D eigenvalue weighted by Crippen LogP contribution is -2.41. The highest BCUT2D eigenvalue weighted by Crippen LogP contribution is 2.21. The van der Waals surface area contributed by atoms with E-state index in [4.69, 9.17) is 15.2 Å². The van der Waals surface area contributed by atoms with Crippen LogP contribution >= 0.6 is 0 Å². The molecule has 0 saturated carbocycles. The smallest absolute Gasteiger partial charge is 0.330 e. The van der Waals surface area contributed by atoms with Crippen LogP contribution in [0.1, 0.15) is 45.1 Å². The molecule has 0 unspecified atom stereocenters. The summed E-state index contributed by atoms with van der Waals surface area (Å²) in [5.74, 6) is 1.17. The zero-order chi connectivity index (χ0) is 25.9. The zero-order valence-corrected chi connectivity index (χ0v) is 20.9. The highest BCUT2D eigenvalue weighted by molar-refractivity contribution is 5.95. The molecule has 0 bridgehead atoms. The average molecular weight is 495 g/mol. The fourth-order valence-electron chi connectivity index (χ4n) is 3.79. The van der Waals surface area contributed by atoms with E-state index in [0.717, 1.165) is 17.7 Å². The predicted molar refractivity (Wildman–Crippen MR) is 141 cm³/mol. The third-order valence-corrected chi connectivity index (χ3v) is 5.64. The number of benzene rings is 2. The van der Waals surface area contributed by atoms with Crippen molar-refractivity contribution in [3.05, 3.63) is 81.0 Å². The summed E-state index contributed by atoms with van der Waals surface area (Å²) in [5.41, 5.74) is 5.90. The molecular weight excluding hydrogens is 460 g/mol. The fourth-order valence-corrected chi connectivity index (χ4v) is 3.79. The molecule has 0 atom stereocenters. The molecule has 0 aliphatic heterocycles. The Hall–Kier alpha value is -4.01. The number of nitrogens with two attached hydrogens (primary N) is 1. The molecule has 192 valence electrons. The quantitative estimate of drug-likeness (QED) is 0.351. The van der Waals surface area contributed by atoms with Gasteiger partial charge in [0.2, 0.25) is 5.91 Å². The van der Waals surface area contributed by atoms with E-state index in [9.17, 15) is 14.4 Å². The highest BCUT2D eigenvalue weighted by Gasteiger charge is 2.23. The molecule has 0 aliphatic carbocycles. The summed E-state index contributed by atoms with van der Waals surface area (Å²) < 4.78 is 12.4. The van der Waals surface area contributed by atoms with Crippen molar-refractivity contribution in [2.24, 2.45) is 0 Å². The Balaban J connectivity index is 1.73. The molecule has 3 aromatic rings. The van der Waals surface area contributed by atoms with Gasteiger partial charge in [-0.25, -0.2) is 4.79 Å². The van der Waals surface area contributed by atoms with Crippen LogP contribution in [0.25, 0.3) is 0 Å². The van der Waals surface area contributed by atoms with Crippen molar-refractivity contribution in [2.45, 2.75) is 46.1 Å². The van der Waals surface area contributed by atoms with Crippen LogP contribution in [0.3, 0.4) is 0 Å². The van der Waals surface area contributed by atoms with Crippen LogP contribution < -0.4 is 31.4 Å². The number of hydrogen-bond donors (Lipinski definition) is 2. The van der Waals surface area contributed by atoms with Crippen molar-refractivity contribution in [1.29, 1.82) is 0 Å². The van der Waals surface area contributed by atoms with Gasteiger partial charge in [-0.3, -0.25) is 19.1 Å². The van der Waals surface area contributed by atoms with Gasteiger partial charge in [-0.2, -0.15) is 0 Å². The van der Waals surface area contributed by atoms with E-state index in [1.54, 1.807) is 0 Å². The topological polar surface area (TPSA) is 120 Å². The third-order valence-electron chi connectivity index (χ3n) is 5.64.